The van der Waals surface area contributed by atoms with E-state index < -0.39 is 74.6 Å². The van der Waals surface area contributed by atoms with Gasteiger partial charge in [-0.1, -0.05) is 0 Å². The van der Waals surface area contributed by atoms with Crippen LogP contribution < -0.4 is 0 Å². The third-order valence-electron chi connectivity index (χ3n) is 3.98. The van der Waals surface area contributed by atoms with Crippen molar-refractivity contribution in [2.75, 3.05) is 13.2 Å². The van der Waals surface area contributed by atoms with Gasteiger partial charge in [-0.05, 0) is 0 Å². The molecule has 0 spiro atoms. The van der Waals surface area contributed by atoms with Crippen molar-refractivity contribution in [3.63, 3.8) is 0 Å². The molecule has 8 N–H and O–H groups in total. The lowest BCUT2D eigenvalue weighted by Gasteiger charge is -2.45. The van der Waals surface area contributed by atoms with Crippen molar-refractivity contribution in [1.29, 1.82) is 0 Å². The number of aliphatic hydroxyl groups is 8. The summed E-state index contributed by atoms with van der Waals surface area (Å²) in [6.45, 7) is -1.35. The number of ether oxygens (including phenoxy) is 3. The van der Waals surface area contributed by atoms with Crippen LogP contribution in [0.15, 0.2) is 0 Å². The highest BCUT2D eigenvalue weighted by Gasteiger charge is 2.50. The van der Waals surface area contributed by atoms with Gasteiger partial charge in [-0.25, -0.2) is 0 Å². The fourth-order valence-corrected chi connectivity index (χ4v) is 2.57. The van der Waals surface area contributed by atoms with E-state index in [-0.39, 0.29) is 0 Å². The first-order valence-corrected chi connectivity index (χ1v) is 7.08. The molecule has 0 saturated carbocycles. The Morgan fingerprint density at radius 1 is 0.652 bits per heavy atom. The highest BCUT2D eigenvalue weighted by molar-refractivity contribution is 4.93. The Balaban J connectivity index is 2.11. The maximum Gasteiger partial charge on any atom is 0.187 e. The Morgan fingerprint density at radius 3 is 1.83 bits per heavy atom. The molecular weight excluding hydrogens is 320 g/mol. The summed E-state index contributed by atoms with van der Waals surface area (Å²) >= 11 is 0. The van der Waals surface area contributed by atoms with E-state index in [0.717, 1.165) is 0 Å². The van der Waals surface area contributed by atoms with Gasteiger partial charge in [0.05, 0.1) is 13.2 Å². The van der Waals surface area contributed by atoms with Gasteiger partial charge in [-0.2, -0.15) is 0 Å². The molecule has 11 heteroatoms. The van der Waals surface area contributed by atoms with Crippen LogP contribution in [0.25, 0.3) is 0 Å². The lowest BCUT2D eigenvalue weighted by molar-refractivity contribution is -0.355. The van der Waals surface area contributed by atoms with Gasteiger partial charge in [0, 0.05) is 0 Å². The van der Waals surface area contributed by atoms with E-state index in [1.54, 1.807) is 0 Å². The monoisotopic (exact) mass is 342 g/mol. The second-order valence-electron chi connectivity index (χ2n) is 5.53. The summed E-state index contributed by atoms with van der Waals surface area (Å²) in [6, 6.07) is 0. The van der Waals surface area contributed by atoms with Crippen molar-refractivity contribution in [3.8, 4) is 0 Å². The standard InChI is InChI=1S/C12H22O11/c13-1-3-5(15)6(16)9(19)12(22-3)23-10-4(2-14)21-11(20)8(18)7(10)17/h3-20H,1-2H2/t3-,4?,5-,6+,7+,8-,9-,10-,11+,12?/m0/s1. The molecule has 0 aromatic rings. The molecule has 0 bridgehead atoms. The van der Waals surface area contributed by atoms with E-state index in [1.165, 1.54) is 0 Å². The van der Waals surface area contributed by atoms with E-state index in [9.17, 15) is 35.7 Å². The van der Waals surface area contributed by atoms with Crippen LogP contribution in [0, 0.1) is 0 Å². The van der Waals surface area contributed by atoms with E-state index in [2.05, 4.69) is 0 Å². The van der Waals surface area contributed by atoms with Crippen molar-refractivity contribution in [3.05, 3.63) is 0 Å². The topological polar surface area (TPSA) is 190 Å². The summed E-state index contributed by atoms with van der Waals surface area (Å²) < 4.78 is 15.3. The first kappa shape index (κ1) is 18.9. The molecule has 2 aliphatic heterocycles. The average Bonchev–Trinajstić information content (AvgIpc) is 2.55. The maximum atomic E-state index is 9.94. The van der Waals surface area contributed by atoms with E-state index in [1.807, 2.05) is 0 Å². The molecule has 23 heavy (non-hydrogen) atoms. The van der Waals surface area contributed by atoms with Gasteiger partial charge in [-0.3, -0.25) is 0 Å². The summed E-state index contributed by atoms with van der Waals surface area (Å²) in [5, 5.41) is 76.5. The minimum atomic E-state index is -1.74. The summed E-state index contributed by atoms with van der Waals surface area (Å²) in [7, 11) is 0. The quantitative estimate of drug-likeness (QED) is 0.243. The molecular formula is C12H22O11. The summed E-state index contributed by atoms with van der Waals surface area (Å²) in [6.07, 6.45) is -15.6. The molecule has 0 amide bonds. The van der Waals surface area contributed by atoms with Crippen LogP contribution in [-0.4, -0.2) is 115 Å². The molecule has 2 unspecified atom stereocenters. The second kappa shape index (κ2) is 7.63. The molecule has 0 aromatic heterocycles. The molecule has 2 saturated heterocycles. The molecule has 0 radical (unpaired) electrons. The van der Waals surface area contributed by atoms with Crippen molar-refractivity contribution in [1.82, 2.24) is 0 Å². The Morgan fingerprint density at radius 2 is 1.26 bits per heavy atom. The van der Waals surface area contributed by atoms with Gasteiger partial charge in [0.15, 0.2) is 12.6 Å². The molecule has 11 nitrogen and oxygen atoms in total. The number of hydrogen-bond donors (Lipinski definition) is 8. The van der Waals surface area contributed by atoms with Crippen LogP contribution in [0.5, 0.6) is 0 Å². The Bertz CT molecular complexity index is 378. The molecule has 2 fully saturated rings. The normalized spacial score (nSPS) is 51.7. The Labute approximate surface area is 130 Å². The highest BCUT2D eigenvalue weighted by Crippen LogP contribution is 2.28. The molecule has 10 atom stereocenters. The predicted octanol–water partition coefficient (Wildman–Crippen LogP) is -5.40. The van der Waals surface area contributed by atoms with Crippen LogP contribution >= 0.6 is 0 Å². The van der Waals surface area contributed by atoms with Gasteiger partial charge in [0.1, 0.15) is 48.8 Å². The van der Waals surface area contributed by atoms with Crippen molar-refractivity contribution in [2.45, 2.75) is 61.4 Å². The van der Waals surface area contributed by atoms with Crippen LogP contribution in [0.4, 0.5) is 0 Å². The summed E-state index contributed by atoms with van der Waals surface area (Å²) in [5.41, 5.74) is 0. The smallest absolute Gasteiger partial charge is 0.187 e. The van der Waals surface area contributed by atoms with Crippen LogP contribution in [0.1, 0.15) is 0 Å². The molecule has 0 aromatic carbocycles. The van der Waals surface area contributed by atoms with Gasteiger partial charge in [0.25, 0.3) is 0 Å². The van der Waals surface area contributed by atoms with E-state index in [4.69, 9.17) is 19.3 Å². The first-order valence-electron chi connectivity index (χ1n) is 7.08. The highest BCUT2D eigenvalue weighted by atomic mass is 16.7. The zero-order chi connectivity index (χ0) is 17.3. The summed E-state index contributed by atoms with van der Waals surface area (Å²) in [4.78, 5) is 0. The fourth-order valence-electron chi connectivity index (χ4n) is 2.57. The third kappa shape index (κ3) is 3.65. The first-order chi connectivity index (χ1) is 10.8. The zero-order valence-corrected chi connectivity index (χ0v) is 12.0. The predicted molar refractivity (Wildman–Crippen MR) is 68.6 cm³/mol. The van der Waals surface area contributed by atoms with Crippen LogP contribution in [0.3, 0.4) is 0 Å². The molecule has 136 valence electrons. The molecule has 2 rings (SSSR count). The van der Waals surface area contributed by atoms with Crippen molar-refractivity contribution in [2.24, 2.45) is 0 Å². The van der Waals surface area contributed by atoms with Crippen molar-refractivity contribution >= 4 is 0 Å². The Kier molecular flexibility index (Phi) is 6.27. The number of aliphatic hydroxyl groups excluding tert-OH is 8. The summed E-state index contributed by atoms with van der Waals surface area (Å²) in [5.74, 6) is 0. The van der Waals surface area contributed by atoms with Crippen LogP contribution in [0.2, 0.25) is 0 Å². The fraction of sp³-hybridized carbons (Fsp3) is 1.00. The zero-order valence-electron chi connectivity index (χ0n) is 12.0. The lowest BCUT2D eigenvalue weighted by atomic mass is 9.97. The van der Waals surface area contributed by atoms with Crippen LogP contribution in [-0.2, 0) is 14.2 Å². The van der Waals surface area contributed by atoms with Crippen molar-refractivity contribution < 1.29 is 55.1 Å². The van der Waals surface area contributed by atoms with E-state index in [0.29, 0.717) is 0 Å². The SMILES string of the molecule is OCC1O[C@@H](O)[C@@H](O)[C@@H](O)[C@H]1OC1O[C@@H](CO)[C@H](O)[C@@H](O)[C@@H]1O. The molecule has 2 heterocycles. The van der Waals surface area contributed by atoms with E-state index >= 15 is 0 Å². The van der Waals surface area contributed by atoms with Gasteiger partial charge in [-0.15, -0.1) is 0 Å². The van der Waals surface area contributed by atoms with Gasteiger partial charge < -0.3 is 55.1 Å². The number of hydrogen-bond acceptors (Lipinski definition) is 11. The van der Waals surface area contributed by atoms with Gasteiger partial charge >= 0.3 is 0 Å². The molecule has 0 aliphatic carbocycles. The lowest BCUT2D eigenvalue weighted by Crippen LogP contribution is -2.64. The minimum absolute atomic E-state index is 0.667. The Hall–Kier alpha value is -0.440. The average molecular weight is 342 g/mol. The number of rotatable bonds is 4. The van der Waals surface area contributed by atoms with Gasteiger partial charge in [0.2, 0.25) is 0 Å². The second-order valence-corrected chi connectivity index (χ2v) is 5.53. The minimum Gasteiger partial charge on any atom is -0.394 e. The molecule has 2 aliphatic rings. The maximum absolute atomic E-state index is 9.94. The largest absolute Gasteiger partial charge is 0.394 e. The third-order valence-corrected chi connectivity index (χ3v) is 3.98.